The number of benzene rings is 6. The Balaban J connectivity index is 1.03. The van der Waals surface area contributed by atoms with Gasteiger partial charge >= 0.3 is 0 Å². The number of carbonyl (C=O) groups excluding carboxylic acids is 9. The molecule has 11 bridgehead atoms. The van der Waals surface area contributed by atoms with Crippen molar-refractivity contribution in [1.82, 2.24) is 58.4 Å². The molecule has 7 aliphatic rings. The van der Waals surface area contributed by atoms with Crippen LogP contribution in [0.15, 0.2) is 116 Å². The van der Waals surface area contributed by atoms with Gasteiger partial charge in [0.15, 0.2) is 23.9 Å². The highest BCUT2D eigenvalue weighted by atomic mass is 35.5. The number of ether oxygens (including phenoxy) is 6. The molecule has 7 aromatic rings. The molecule has 37 nitrogen and oxygen atoms in total. The van der Waals surface area contributed by atoms with Crippen molar-refractivity contribution in [2.45, 2.75) is 170 Å². The summed E-state index contributed by atoms with van der Waals surface area (Å²) in [6.45, 7) is 7.49. The summed E-state index contributed by atoms with van der Waals surface area (Å²) in [5.41, 5.74) is 7.89. The monoisotopic (exact) mass is 1770 g/mol. The minimum Gasteiger partial charge on any atom is -0.508 e. The van der Waals surface area contributed by atoms with Crippen LogP contribution in [-0.4, -0.2) is 203 Å². The number of nitrogens with one attached hydrogen (secondary N) is 11. The number of aromatic hydroxyl groups is 3. The lowest BCUT2D eigenvalue weighted by molar-refractivity contribution is -0.334. The Morgan fingerprint density at radius 1 is 0.697 bits per heavy atom. The van der Waals surface area contributed by atoms with Crippen molar-refractivity contribution in [2.24, 2.45) is 11.7 Å². The van der Waals surface area contributed by atoms with Crippen LogP contribution >= 0.6 is 46.4 Å². The molecule has 9 amide bonds. The number of hydrogen-bond donors (Lipinski definition) is 21. The van der Waals surface area contributed by atoms with Gasteiger partial charge in [-0.05, 0) is 145 Å². The van der Waals surface area contributed by atoms with Crippen LogP contribution in [0.25, 0.3) is 11.1 Å². The third-order valence-electron chi connectivity index (χ3n) is 21.0. The minimum absolute atomic E-state index is 0.0149. The second-order valence-corrected chi connectivity index (χ2v) is 32.0. The van der Waals surface area contributed by atoms with Crippen LogP contribution in [-0.2, 0) is 59.1 Å². The van der Waals surface area contributed by atoms with Crippen LogP contribution < -0.4 is 78.6 Å². The minimum atomic E-state index is -2.37. The van der Waals surface area contributed by atoms with Crippen LogP contribution in [0.2, 0.25) is 20.1 Å². The maximum absolute atomic E-state index is 16.3. The van der Waals surface area contributed by atoms with E-state index in [4.69, 9.17) is 80.6 Å². The van der Waals surface area contributed by atoms with E-state index < -0.39 is 237 Å². The van der Waals surface area contributed by atoms with E-state index in [1.54, 1.807) is 19.9 Å². The second kappa shape index (κ2) is 38.3. The number of hydrogen-bond acceptors (Lipinski definition) is 28. The van der Waals surface area contributed by atoms with E-state index in [1.807, 2.05) is 13.8 Å². The van der Waals surface area contributed by atoms with Crippen molar-refractivity contribution in [1.29, 1.82) is 0 Å². The van der Waals surface area contributed by atoms with Gasteiger partial charge in [-0.2, -0.15) is 0 Å². The molecule has 0 aliphatic carbocycles. The molecule has 14 rings (SSSR count). The summed E-state index contributed by atoms with van der Waals surface area (Å²) in [4.78, 5) is 137. The fraction of sp³-hybridized carbons (Fsp3) is 0.383. The van der Waals surface area contributed by atoms with Crippen molar-refractivity contribution >= 4 is 105 Å². The average Bonchev–Trinajstić information content (AvgIpc) is 0.765. The first kappa shape index (κ1) is 90.4. The second-order valence-electron chi connectivity index (χ2n) is 30.4. The van der Waals surface area contributed by atoms with Crippen molar-refractivity contribution in [3.63, 3.8) is 0 Å². The summed E-state index contributed by atoms with van der Waals surface area (Å²) in [5.74, 6) is -15.6. The van der Waals surface area contributed by atoms with Crippen molar-refractivity contribution in [3.05, 3.63) is 175 Å². The summed E-state index contributed by atoms with van der Waals surface area (Å²) in [6, 6.07) is 5.90. The SMILES string of the molecule is CCNNC(=O)[C@@H]1NC(=O)[C@H]2NC(=O)[C@H](NC(=O)[C@@H]3NC(=O)[C@H](CC(N)=O)NC(=O)[C@H](NC(=O)[C@@H](CC(C)C)NC)[C@H](O)c4ccc(c(Cl)c4)Oc4cc3cc(c4O[C@@H]3O[C@H](CO)[C@@H](O)[C@H](O)[C@H]3O[C@H]3C[C@](C)(NCc4cncc(NC(=O)c5cc(Cl)cc(Cl)c5)c4)[C@H](O)[C@H](C)O3)Oc3ccc(cc3Cl)[C@H]2O)c2ccc(O)c(c2)-c2c(O)cc(O)cc21. The average molecular weight is 1770 g/mol. The molecule has 6 aromatic carbocycles. The number of anilines is 1. The molecule has 122 heavy (non-hydrogen) atoms. The van der Waals surface area contributed by atoms with E-state index >= 15 is 24.0 Å². The van der Waals surface area contributed by atoms with E-state index in [0.717, 1.165) is 60.7 Å². The van der Waals surface area contributed by atoms with Gasteiger partial charge in [0.1, 0.15) is 95.5 Å². The third-order valence-corrected chi connectivity index (χ3v) is 22.0. The largest absolute Gasteiger partial charge is 0.508 e. The molecule has 650 valence electrons. The first-order valence-corrected chi connectivity index (χ1v) is 39.9. The van der Waals surface area contributed by atoms with Gasteiger partial charge in [-0.3, -0.25) is 53.6 Å². The number of nitrogens with two attached hydrogens (primary N) is 1. The molecule has 18 atom stereocenters. The summed E-state index contributed by atoms with van der Waals surface area (Å²) < 4.78 is 39.5. The van der Waals surface area contributed by atoms with Gasteiger partial charge in [-0.25, -0.2) is 5.43 Å². The number of primary amides is 1. The van der Waals surface area contributed by atoms with E-state index in [1.165, 1.54) is 62.8 Å². The number of rotatable bonds is 20. The predicted octanol–water partition coefficient (Wildman–Crippen LogP) is 3.45. The molecule has 0 spiro atoms. The number of aliphatic hydroxyl groups is 6. The lowest BCUT2D eigenvalue weighted by Gasteiger charge is -2.48. The number of fused-ring (bicyclic) bond motifs is 15. The van der Waals surface area contributed by atoms with Crippen LogP contribution in [0.1, 0.15) is 128 Å². The van der Waals surface area contributed by atoms with Gasteiger partial charge in [-0.1, -0.05) is 85.4 Å². The molecular formula is C81H89Cl4N13O24. The molecule has 0 saturated carbocycles. The third kappa shape index (κ3) is 20.3. The number of hydrazine groups is 1. The number of carbonyl (C=O) groups is 9. The topological polar surface area (TPSA) is 562 Å². The van der Waals surface area contributed by atoms with Gasteiger partial charge in [-0.15, -0.1) is 0 Å². The van der Waals surface area contributed by atoms with Crippen LogP contribution in [0, 0.1) is 5.92 Å². The van der Waals surface area contributed by atoms with E-state index in [-0.39, 0.29) is 86.2 Å². The van der Waals surface area contributed by atoms with Crippen LogP contribution in [0.3, 0.4) is 0 Å². The van der Waals surface area contributed by atoms with Crippen molar-refractivity contribution < 1.29 is 118 Å². The molecular weight excluding hydrogens is 1680 g/mol. The molecule has 0 radical (unpaired) electrons. The van der Waals surface area contributed by atoms with Gasteiger partial charge in [0.2, 0.25) is 53.4 Å². The number of halogens is 4. The standard InChI is InChI=1S/C81H89Cl4N13O24/c1-7-90-98-79(116)62-45-24-43(100)25-51(102)59(45)44-18-35(8-11-50(44)101)60-75(112)97-64(78(115)95-62)66(105)37-10-13-53(47(85)20-37)119-55-22-38-21-54(118-52-12-9-36(19-46(52)84)65(104)63(96-73(110)48(87-6)14-32(2)3)77(114)92-49(26-57(86)103)74(111)93-61(38)76(113)94-60)69(55)122-80-70(68(107)67(106)56(31-99)120-80)121-58-27-81(5,71(108)33(4)117-58)89-29-34-15-42(30-88-28-34)91-72(109)39-16-40(82)23-41(83)17-39/h8-13,15-25,28,30,32-33,48-49,56,58,60-68,70-71,80,87,89-90,99-102,104-108H,7,14,26-27,29,31H2,1-6H3,(H2,86,103)(H,91,109)(H,92,114)(H,93,111)(H,94,113)(H,95,115)(H,96,110)(H,97,112)(H,98,116)/t33-,48+,49-,56+,58-,60+,61+,62+,63+,64-,65+,66+,67+,68-,70+,71+,80-,81-/m0/s1. The number of nitrogens with zero attached hydrogens (tertiary/aromatic N) is 1. The lowest BCUT2D eigenvalue weighted by Crippen LogP contribution is -2.65. The number of phenols is 3. The Labute approximate surface area is 715 Å². The number of aromatic nitrogens is 1. The Hall–Kier alpha value is -10.8. The molecule has 8 heterocycles. The summed E-state index contributed by atoms with van der Waals surface area (Å²) in [7, 11) is 1.47. The van der Waals surface area contributed by atoms with Gasteiger partial charge < -0.3 is 128 Å². The first-order chi connectivity index (χ1) is 57.9. The van der Waals surface area contributed by atoms with Gasteiger partial charge in [0, 0.05) is 64.0 Å². The van der Waals surface area contributed by atoms with Crippen LogP contribution in [0.5, 0.6) is 46.0 Å². The van der Waals surface area contributed by atoms with Crippen molar-refractivity contribution in [2.75, 3.05) is 25.5 Å². The molecule has 22 N–H and O–H groups in total. The number of pyridine rings is 1. The fourth-order valence-electron chi connectivity index (χ4n) is 14.7. The molecule has 2 saturated heterocycles. The number of likely N-dealkylation sites (N-methyl/N-ethyl adjacent to an activating group) is 1. The molecule has 41 heteroatoms. The fourth-order valence-corrected chi connectivity index (χ4v) is 15.7. The van der Waals surface area contributed by atoms with E-state index in [9.17, 15) is 65.1 Å². The maximum atomic E-state index is 16.3. The Morgan fingerprint density at radius 3 is 1.97 bits per heavy atom. The predicted molar refractivity (Wildman–Crippen MR) is 435 cm³/mol. The zero-order valence-corrected chi connectivity index (χ0v) is 68.8. The quantitative estimate of drug-likeness (QED) is 0.0486. The zero-order chi connectivity index (χ0) is 88.2. The number of aliphatic hydroxyl groups excluding tert-OH is 6. The maximum Gasteiger partial charge on any atom is 0.261 e. The molecule has 0 unspecified atom stereocenters. The Kier molecular flexibility index (Phi) is 28.4. The normalized spacial score (nSPS) is 26.3. The van der Waals surface area contributed by atoms with Crippen molar-refractivity contribution in [3.8, 4) is 57.1 Å². The molecule has 2 fully saturated rings. The Morgan fingerprint density at radius 2 is 1.34 bits per heavy atom. The molecule has 1 aromatic heterocycles. The highest BCUT2D eigenvalue weighted by Crippen LogP contribution is 2.50. The highest BCUT2D eigenvalue weighted by Gasteiger charge is 2.52. The zero-order valence-electron chi connectivity index (χ0n) is 65.8. The van der Waals surface area contributed by atoms with Gasteiger partial charge in [0.25, 0.3) is 11.8 Å². The van der Waals surface area contributed by atoms with Gasteiger partial charge in [0.05, 0.1) is 53.2 Å². The first-order valence-electron chi connectivity index (χ1n) is 38.4. The summed E-state index contributed by atoms with van der Waals surface area (Å²) >= 11 is 26.7. The molecule has 7 aliphatic heterocycles. The lowest BCUT2D eigenvalue weighted by atomic mass is 9.84. The smallest absolute Gasteiger partial charge is 0.261 e. The van der Waals surface area contributed by atoms with E-state index in [0.29, 0.717) is 5.56 Å². The van der Waals surface area contributed by atoms with Crippen LogP contribution in [0.4, 0.5) is 5.69 Å². The summed E-state index contributed by atoms with van der Waals surface area (Å²) in [6.07, 6.45) is -16.3. The summed E-state index contributed by atoms with van der Waals surface area (Å²) in [5, 5.41) is 130. The highest BCUT2D eigenvalue weighted by molar-refractivity contribution is 6.35. The van der Waals surface area contributed by atoms with E-state index in [2.05, 4.69) is 63.7 Å². The number of amides is 9. The Bertz CT molecular complexity index is 5180. The number of phenolic OH excluding ortho intramolecular Hbond substituents is 3.